The van der Waals surface area contributed by atoms with Crippen molar-refractivity contribution in [3.05, 3.63) is 54.2 Å². The van der Waals surface area contributed by atoms with Crippen LogP contribution in [0.5, 0.6) is 0 Å². The number of benzene rings is 1. The molecule has 17 heavy (non-hydrogen) atoms. The number of primary amides is 1. The molecule has 1 heterocycles. The Kier molecular flexibility index (Phi) is 3.19. The van der Waals surface area contributed by atoms with Crippen LogP contribution in [0.4, 0.5) is 0 Å². The fourth-order valence-electron chi connectivity index (χ4n) is 1.67. The minimum Gasteiger partial charge on any atom is -0.369 e. The van der Waals surface area contributed by atoms with Crippen molar-refractivity contribution >= 4 is 5.91 Å². The highest BCUT2D eigenvalue weighted by molar-refractivity contribution is 5.82. The lowest BCUT2D eigenvalue weighted by Gasteiger charge is -2.09. The molecule has 0 aliphatic heterocycles. The SMILES string of the molecule is CC(C(N)=O)c1cccc(-c2ccccn2)c1. The predicted octanol–water partition coefficient (Wildman–Crippen LogP) is 2.34. The number of pyridine rings is 1. The topological polar surface area (TPSA) is 56.0 Å². The molecule has 0 spiro atoms. The summed E-state index contributed by atoms with van der Waals surface area (Å²) in [6, 6.07) is 13.5. The Hall–Kier alpha value is -2.16. The van der Waals surface area contributed by atoms with Crippen LogP contribution in [-0.4, -0.2) is 10.9 Å². The summed E-state index contributed by atoms with van der Waals surface area (Å²) in [4.78, 5) is 15.4. The van der Waals surface area contributed by atoms with Crippen molar-refractivity contribution in [3.8, 4) is 11.3 Å². The van der Waals surface area contributed by atoms with Crippen molar-refractivity contribution in [2.75, 3.05) is 0 Å². The molecular formula is C14H14N2O. The summed E-state index contributed by atoms with van der Waals surface area (Å²) in [5.41, 5.74) is 8.11. The maximum Gasteiger partial charge on any atom is 0.224 e. The molecule has 0 saturated carbocycles. The van der Waals surface area contributed by atoms with E-state index < -0.39 is 0 Å². The Morgan fingerprint density at radius 3 is 2.71 bits per heavy atom. The fraction of sp³-hybridized carbons (Fsp3) is 0.143. The number of carbonyl (C=O) groups excluding carboxylic acids is 1. The van der Waals surface area contributed by atoms with E-state index in [-0.39, 0.29) is 11.8 Å². The van der Waals surface area contributed by atoms with Crippen molar-refractivity contribution in [1.29, 1.82) is 0 Å². The van der Waals surface area contributed by atoms with Gasteiger partial charge in [-0.2, -0.15) is 0 Å². The molecular weight excluding hydrogens is 212 g/mol. The van der Waals surface area contributed by atoms with Crippen LogP contribution in [0.25, 0.3) is 11.3 Å². The Bertz CT molecular complexity index is 523. The number of hydrogen-bond donors (Lipinski definition) is 1. The van der Waals surface area contributed by atoms with Gasteiger partial charge in [-0.15, -0.1) is 0 Å². The molecule has 0 fully saturated rings. The van der Waals surface area contributed by atoms with Crippen molar-refractivity contribution in [2.24, 2.45) is 5.73 Å². The number of nitrogens with zero attached hydrogens (tertiary/aromatic N) is 1. The van der Waals surface area contributed by atoms with E-state index in [0.29, 0.717) is 0 Å². The quantitative estimate of drug-likeness (QED) is 0.873. The number of amides is 1. The van der Waals surface area contributed by atoms with E-state index in [0.717, 1.165) is 16.8 Å². The molecule has 2 aromatic rings. The summed E-state index contributed by atoms with van der Waals surface area (Å²) < 4.78 is 0. The second kappa shape index (κ2) is 4.78. The minimum absolute atomic E-state index is 0.279. The van der Waals surface area contributed by atoms with Gasteiger partial charge in [-0.3, -0.25) is 9.78 Å². The Morgan fingerprint density at radius 1 is 1.24 bits per heavy atom. The van der Waals surface area contributed by atoms with Gasteiger partial charge in [0.15, 0.2) is 0 Å². The van der Waals surface area contributed by atoms with E-state index in [4.69, 9.17) is 5.73 Å². The average Bonchev–Trinajstić information content (AvgIpc) is 2.39. The molecule has 1 aromatic heterocycles. The van der Waals surface area contributed by atoms with Gasteiger partial charge in [0.1, 0.15) is 0 Å². The summed E-state index contributed by atoms with van der Waals surface area (Å²) in [5.74, 6) is -0.596. The van der Waals surface area contributed by atoms with Crippen LogP contribution >= 0.6 is 0 Å². The molecule has 0 aliphatic carbocycles. The van der Waals surface area contributed by atoms with Crippen LogP contribution in [0, 0.1) is 0 Å². The van der Waals surface area contributed by atoms with Crippen LogP contribution in [0.2, 0.25) is 0 Å². The smallest absolute Gasteiger partial charge is 0.224 e. The molecule has 0 radical (unpaired) electrons. The van der Waals surface area contributed by atoms with Crippen LogP contribution in [-0.2, 0) is 4.79 Å². The number of hydrogen-bond acceptors (Lipinski definition) is 2. The number of rotatable bonds is 3. The first-order chi connectivity index (χ1) is 8.18. The zero-order chi connectivity index (χ0) is 12.3. The molecule has 1 aromatic carbocycles. The highest BCUT2D eigenvalue weighted by Gasteiger charge is 2.12. The lowest BCUT2D eigenvalue weighted by atomic mass is 9.97. The normalized spacial score (nSPS) is 12.1. The fourth-order valence-corrected chi connectivity index (χ4v) is 1.67. The summed E-state index contributed by atoms with van der Waals surface area (Å²) in [6.07, 6.45) is 1.75. The summed E-state index contributed by atoms with van der Waals surface area (Å²) in [6.45, 7) is 1.81. The predicted molar refractivity (Wildman–Crippen MR) is 67.3 cm³/mol. The highest BCUT2D eigenvalue weighted by Crippen LogP contribution is 2.22. The van der Waals surface area contributed by atoms with E-state index >= 15 is 0 Å². The second-order valence-electron chi connectivity index (χ2n) is 3.96. The van der Waals surface area contributed by atoms with E-state index in [1.54, 1.807) is 13.1 Å². The molecule has 3 heteroatoms. The maximum absolute atomic E-state index is 11.2. The molecule has 2 rings (SSSR count). The molecule has 86 valence electrons. The van der Waals surface area contributed by atoms with Gasteiger partial charge in [-0.25, -0.2) is 0 Å². The van der Waals surface area contributed by atoms with Gasteiger partial charge in [0.05, 0.1) is 11.6 Å². The van der Waals surface area contributed by atoms with Gasteiger partial charge >= 0.3 is 0 Å². The van der Waals surface area contributed by atoms with E-state index in [1.165, 1.54) is 0 Å². The zero-order valence-electron chi connectivity index (χ0n) is 9.63. The van der Waals surface area contributed by atoms with E-state index in [1.807, 2.05) is 42.5 Å². The number of nitrogens with two attached hydrogens (primary N) is 1. The number of aromatic nitrogens is 1. The first-order valence-corrected chi connectivity index (χ1v) is 5.49. The van der Waals surface area contributed by atoms with Gasteiger partial charge in [0, 0.05) is 11.8 Å². The minimum atomic E-state index is -0.317. The van der Waals surface area contributed by atoms with Gasteiger partial charge in [0.2, 0.25) is 5.91 Å². The van der Waals surface area contributed by atoms with Crippen LogP contribution in [0.3, 0.4) is 0 Å². The van der Waals surface area contributed by atoms with Crippen LogP contribution in [0.15, 0.2) is 48.7 Å². The highest BCUT2D eigenvalue weighted by atomic mass is 16.1. The molecule has 1 unspecified atom stereocenters. The van der Waals surface area contributed by atoms with Crippen molar-refractivity contribution < 1.29 is 4.79 Å². The van der Waals surface area contributed by atoms with Crippen LogP contribution in [0.1, 0.15) is 18.4 Å². The third kappa shape index (κ3) is 2.50. The first kappa shape index (κ1) is 11.3. The lowest BCUT2D eigenvalue weighted by Crippen LogP contribution is -2.18. The lowest BCUT2D eigenvalue weighted by molar-refractivity contribution is -0.119. The average molecular weight is 226 g/mol. The van der Waals surface area contributed by atoms with Crippen molar-refractivity contribution in [3.63, 3.8) is 0 Å². The summed E-state index contributed by atoms with van der Waals surface area (Å²) in [5, 5.41) is 0. The molecule has 3 nitrogen and oxygen atoms in total. The Morgan fingerprint density at radius 2 is 2.06 bits per heavy atom. The maximum atomic E-state index is 11.2. The number of carbonyl (C=O) groups is 1. The molecule has 0 aliphatic rings. The Labute approximate surface area is 100 Å². The standard InChI is InChI=1S/C14H14N2O/c1-10(14(15)17)11-5-4-6-12(9-11)13-7-2-3-8-16-13/h2-10H,1H3,(H2,15,17). The summed E-state index contributed by atoms with van der Waals surface area (Å²) >= 11 is 0. The van der Waals surface area contributed by atoms with Crippen LogP contribution < -0.4 is 5.73 Å². The third-order valence-electron chi connectivity index (χ3n) is 2.77. The third-order valence-corrected chi connectivity index (χ3v) is 2.77. The second-order valence-corrected chi connectivity index (χ2v) is 3.96. The van der Waals surface area contributed by atoms with Gasteiger partial charge in [-0.1, -0.05) is 24.3 Å². The van der Waals surface area contributed by atoms with Crippen molar-refractivity contribution in [2.45, 2.75) is 12.8 Å². The molecule has 2 N–H and O–H groups in total. The largest absolute Gasteiger partial charge is 0.369 e. The zero-order valence-corrected chi connectivity index (χ0v) is 9.63. The molecule has 1 atom stereocenters. The van der Waals surface area contributed by atoms with E-state index in [2.05, 4.69) is 4.98 Å². The molecule has 0 saturated heterocycles. The van der Waals surface area contributed by atoms with Crippen molar-refractivity contribution in [1.82, 2.24) is 4.98 Å². The first-order valence-electron chi connectivity index (χ1n) is 5.49. The van der Waals surface area contributed by atoms with E-state index in [9.17, 15) is 4.79 Å². The van der Waals surface area contributed by atoms with Gasteiger partial charge in [0.25, 0.3) is 0 Å². The molecule has 1 amide bonds. The van der Waals surface area contributed by atoms with Gasteiger partial charge < -0.3 is 5.73 Å². The van der Waals surface area contributed by atoms with Gasteiger partial charge in [-0.05, 0) is 30.7 Å². The summed E-state index contributed by atoms with van der Waals surface area (Å²) in [7, 11) is 0. The molecule has 0 bridgehead atoms. The monoisotopic (exact) mass is 226 g/mol. The Balaban J connectivity index is 2.39.